The number of furan rings is 1. The summed E-state index contributed by atoms with van der Waals surface area (Å²) in [6.07, 6.45) is 0.903. The average molecular weight is 215 g/mol. The number of hydrogen-bond donors (Lipinski definition) is 1. The van der Waals surface area contributed by atoms with Crippen molar-refractivity contribution in [1.82, 2.24) is 0 Å². The molecule has 0 radical (unpaired) electrons. The Morgan fingerprint density at radius 1 is 1.25 bits per heavy atom. The molecule has 0 spiro atoms. The zero-order chi connectivity index (χ0) is 11.5. The first-order valence-electron chi connectivity index (χ1n) is 5.61. The SMILES string of the molecule is CCc1ccc(C(N)c2cccc(C)c2)o1. The second kappa shape index (κ2) is 4.54. The molecule has 1 atom stereocenters. The summed E-state index contributed by atoms with van der Waals surface area (Å²) in [6.45, 7) is 4.14. The van der Waals surface area contributed by atoms with Crippen molar-refractivity contribution in [3.8, 4) is 0 Å². The Kier molecular flexibility index (Phi) is 3.11. The van der Waals surface area contributed by atoms with E-state index in [-0.39, 0.29) is 6.04 Å². The van der Waals surface area contributed by atoms with Gasteiger partial charge in [0, 0.05) is 6.42 Å². The average Bonchev–Trinajstić information content (AvgIpc) is 2.76. The number of benzene rings is 1. The first-order chi connectivity index (χ1) is 7.70. The highest BCUT2D eigenvalue weighted by Gasteiger charge is 2.12. The van der Waals surface area contributed by atoms with Gasteiger partial charge in [-0.1, -0.05) is 36.8 Å². The van der Waals surface area contributed by atoms with Crippen molar-refractivity contribution in [3.63, 3.8) is 0 Å². The van der Waals surface area contributed by atoms with E-state index in [1.165, 1.54) is 5.56 Å². The number of hydrogen-bond acceptors (Lipinski definition) is 2. The molecule has 1 aromatic carbocycles. The predicted molar refractivity (Wildman–Crippen MR) is 65.3 cm³/mol. The monoisotopic (exact) mass is 215 g/mol. The van der Waals surface area contributed by atoms with Crippen molar-refractivity contribution in [3.05, 3.63) is 59.0 Å². The van der Waals surface area contributed by atoms with Crippen LogP contribution in [0.15, 0.2) is 40.8 Å². The third kappa shape index (κ3) is 2.17. The molecule has 2 heteroatoms. The molecule has 2 aromatic rings. The summed E-state index contributed by atoms with van der Waals surface area (Å²) >= 11 is 0. The minimum Gasteiger partial charge on any atom is -0.464 e. The second-order valence-corrected chi connectivity index (χ2v) is 4.05. The summed E-state index contributed by atoms with van der Waals surface area (Å²) in [5, 5.41) is 0. The Hall–Kier alpha value is -1.54. The lowest BCUT2D eigenvalue weighted by molar-refractivity contribution is 0.454. The van der Waals surface area contributed by atoms with Crippen LogP contribution in [0.25, 0.3) is 0 Å². The Balaban J connectivity index is 2.27. The maximum atomic E-state index is 6.16. The molecule has 16 heavy (non-hydrogen) atoms. The van der Waals surface area contributed by atoms with Crippen molar-refractivity contribution in [2.24, 2.45) is 5.73 Å². The lowest BCUT2D eigenvalue weighted by Gasteiger charge is -2.09. The van der Waals surface area contributed by atoms with Crippen molar-refractivity contribution >= 4 is 0 Å². The van der Waals surface area contributed by atoms with Crippen LogP contribution in [0.2, 0.25) is 0 Å². The van der Waals surface area contributed by atoms with Crippen LogP contribution in [-0.2, 0) is 6.42 Å². The van der Waals surface area contributed by atoms with E-state index < -0.39 is 0 Å². The molecule has 0 saturated heterocycles. The molecule has 0 amide bonds. The van der Waals surface area contributed by atoms with Gasteiger partial charge >= 0.3 is 0 Å². The van der Waals surface area contributed by atoms with Gasteiger partial charge in [-0.05, 0) is 24.6 Å². The van der Waals surface area contributed by atoms with Crippen molar-refractivity contribution in [2.45, 2.75) is 26.3 Å². The van der Waals surface area contributed by atoms with E-state index in [4.69, 9.17) is 10.2 Å². The van der Waals surface area contributed by atoms with Gasteiger partial charge < -0.3 is 10.2 Å². The van der Waals surface area contributed by atoms with Crippen LogP contribution in [0.1, 0.15) is 35.6 Å². The third-order valence-corrected chi connectivity index (χ3v) is 2.74. The minimum atomic E-state index is -0.166. The van der Waals surface area contributed by atoms with E-state index in [1.807, 2.05) is 24.3 Å². The van der Waals surface area contributed by atoms with Gasteiger partial charge in [-0.15, -0.1) is 0 Å². The molecule has 2 N–H and O–H groups in total. The van der Waals surface area contributed by atoms with Crippen molar-refractivity contribution in [1.29, 1.82) is 0 Å². The zero-order valence-corrected chi connectivity index (χ0v) is 9.73. The fraction of sp³-hybridized carbons (Fsp3) is 0.286. The standard InChI is InChI=1S/C14H17NO/c1-3-12-7-8-13(16-12)14(15)11-6-4-5-10(2)9-11/h4-9,14H,3,15H2,1-2H3. The van der Waals surface area contributed by atoms with Crippen LogP contribution in [0.5, 0.6) is 0 Å². The van der Waals surface area contributed by atoms with E-state index >= 15 is 0 Å². The lowest BCUT2D eigenvalue weighted by atomic mass is 10.0. The fourth-order valence-electron chi connectivity index (χ4n) is 1.78. The molecule has 0 aliphatic heterocycles. The molecule has 84 valence electrons. The number of nitrogens with two attached hydrogens (primary N) is 1. The Morgan fingerprint density at radius 2 is 2.06 bits per heavy atom. The molecule has 2 nitrogen and oxygen atoms in total. The maximum Gasteiger partial charge on any atom is 0.125 e. The largest absolute Gasteiger partial charge is 0.464 e. The maximum absolute atomic E-state index is 6.16. The summed E-state index contributed by atoms with van der Waals surface area (Å²) in [5.74, 6) is 1.82. The molecule has 0 aliphatic rings. The van der Waals surface area contributed by atoms with Crippen LogP contribution in [0, 0.1) is 6.92 Å². The molecular formula is C14H17NO. The zero-order valence-electron chi connectivity index (χ0n) is 9.73. The molecular weight excluding hydrogens is 198 g/mol. The van der Waals surface area contributed by atoms with Gasteiger partial charge in [-0.2, -0.15) is 0 Å². The highest BCUT2D eigenvalue weighted by Crippen LogP contribution is 2.22. The van der Waals surface area contributed by atoms with Gasteiger partial charge in [0.15, 0.2) is 0 Å². The Labute approximate surface area is 96.1 Å². The predicted octanol–water partition coefficient (Wildman–Crippen LogP) is 3.20. The van der Waals surface area contributed by atoms with Gasteiger partial charge in [0.05, 0.1) is 6.04 Å². The number of rotatable bonds is 3. The summed E-state index contributed by atoms with van der Waals surface area (Å²) < 4.78 is 5.66. The van der Waals surface area contributed by atoms with Crippen molar-refractivity contribution < 1.29 is 4.42 Å². The molecule has 0 bridgehead atoms. The molecule has 1 unspecified atom stereocenters. The smallest absolute Gasteiger partial charge is 0.125 e. The molecule has 1 aromatic heterocycles. The lowest BCUT2D eigenvalue weighted by Crippen LogP contribution is -2.10. The van der Waals surface area contributed by atoms with E-state index in [0.717, 1.165) is 23.5 Å². The van der Waals surface area contributed by atoms with Crippen molar-refractivity contribution in [2.75, 3.05) is 0 Å². The third-order valence-electron chi connectivity index (χ3n) is 2.74. The molecule has 0 fully saturated rings. The van der Waals surface area contributed by atoms with Crippen LogP contribution >= 0.6 is 0 Å². The highest BCUT2D eigenvalue weighted by molar-refractivity contribution is 5.30. The van der Waals surface area contributed by atoms with E-state index in [0.29, 0.717) is 0 Å². The Bertz CT molecular complexity index is 473. The topological polar surface area (TPSA) is 39.2 Å². The van der Waals surface area contributed by atoms with Crippen LogP contribution < -0.4 is 5.73 Å². The quantitative estimate of drug-likeness (QED) is 0.854. The summed E-state index contributed by atoms with van der Waals surface area (Å²) in [4.78, 5) is 0. The van der Waals surface area contributed by atoms with Gasteiger partial charge in [0.25, 0.3) is 0 Å². The van der Waals surface area contributed by atoms with Gasteiger partial charge in [-0.3, -0.25) is 0 Å². The van der Waals surface area contributed by atoms with E-state index in [1.54, 1.807) is 0 Å². The molecule has 1 heterocycles. The summed E-state index contributed by atoms with van der Waals surface area (Å²) in [5.41, 5.74) is 8.47. The van der Waals surface area contributed by atoms with Gasteiger partial charge in [0.1, 0.15) is 11.5 Å². The summed E-state index contributed by atoms with van der Waals surface area (Å²) in [7, 11) is 0. The van der Waals surface area contributed by atoms with Crippen LogP contribution in [0.3, 0.4) is 0 Å². The van der Waals surface area contributed by atoms with Gasteiger partial charge in [-0.25, -0.2) is 0 Å². The summed E-state index contributed by atoms with van der Waals surface area (Å²) in [6, 6.07) is 12.0. The minimum absolute atomic E-state index is 0.166. The fourth-order valence-corrected chi connectivity index (χ4v) is 1.78. The van der Waals surface area contributed by atoms with Crippen LogP contribution in [-0.4, -0.2) is 0 Å². The first kappa shape index (κ1) is 11.0. The van der Waals surface area contributed by atoms with Crippen LogP contribution in [0.4, 0.5) is 0 Å². The highest BCUT2D eigenvalue weighted by atomic mass is 16.3. The molecule has 0 aliphatic carbocycles. The van der Waals surface area contributed by atoms with E-state index in [9.17, 15) is 0 Å². The first-order valence-corrected chi connectivity index (χ1v) is 5.61. The normalized spacial score (nSPS) is 12.7. The molecule has 0 saturated carbocycles. The molecule has 2 rings (SSSR count). The Morgan fingerprint density at radius 3 is 2.69 bits per heavy atom. The number of aryl methyl sites for hydroxylation is 2. The second-order valence-electron chi connectivity index (χ2n) is 4.05. The van der Waals surface area contributed by atoms with E-state index in [2.05, 4.69) is 26.0 Å². The van der Waals surface area contributed by atoms with Gasteiger partial charge in [0.2, 0.25) is 0 Å².